The first-order chi connectivity index (χ1) is 19.7. The van der Waals surface area contributed by atoms with E-state index in [0.717, 1.165) is 18.7 Å². The Labute approximate surface area is 235 Å². The van der Waals surface area contributed by atoms with Gasteiger partial charge in [-0.25, -0.2) is 27.7 Å². The Morgan fingerprint density at radius 1 is 1.26 bits per heavy atom. The normalized spacial score (nSPS) is 17.2. The zero-order valence-corrected chi connectivity index (χ0v) is 23.0. The van der Waals surface area contributed by atoms with Crippen molar-refractivity contribution in [2.45, 2.75) is 50.9 Å². The van der Waals surface area contributed by atoms with Crippen LogP contribution in [0.1, 0.15) is 60.5 Å². The molecule has 1 saturated heterocycles. The Morgan fingerprint density at radius 2 is 2.00 bits per heavy atom. The molecule has 1 fully saturated rings. The van der Waals surface area contributed by atoms with E-state index in [0.29, 0.717) is 5.56 Å². The van der Waals surface area contributed by atoms with Gasteiger partial charge >= 0.3 is 12.2 Å². The first-order valence-corrected chi connectivity index (χ1v) is 12.7. The number of urea groups is 1. The maximum absolute atomic E-state index is 14.1. The Balaban J connectivity index is 1.67. The molecule has 13 nitrogen and oxygen atoms in total. The largest absolute Gasteiger partial charge is 0.477 e. The minimum absolute atomic E-state index is 0.131. The Hall–Kier alpha value is -4.09. The molecule has 2 unspecified atom stereocenters. The van der Waals surface area contributed by atoms with Crippen molar-refractivity contribution in [3.8, 4) is 5.88 Å². The number of alkyl halides is 5. The number of rotatable bonds is 11. The number of hydrogen-bond donors (Lipinski definition) is 2. The summed E-state index contributed by atoms with van der Waals surface area (Å²) in [6.07, 6.45) is -2.32. The molecule has 1 aliphatic heterocycles. The number of imidazole rings is 1. The first-order valence-electron chi connectivity index (χ1n) is 12.7. The third kappa shape index (κ3) is 6.52. The Bertz CT molecular complexity index is 1430. The van der Waals surface area contributed by atoms with Crippen molar-refractivity contribution in [1.82, 2.24) is 40.4 Å². The fourth-order valence-corrected chi connectivity index (χ4v) is 4.34. The summed E-state index contributed by atoms with van der Waals surface area (Å²) < 4.78 is 85.0. The highest BCUT2D eigenvalue weighted by Crippen LogP contribution is 2.42. The van der Waals surface area contributed by atoms with Crippen molar-refractivity contribution in [2.24, 2.45) is 5.41 Å². The number of carbonyl (C=O) groups is 2. The maximum Gasteiger partial charge on any atom is 0.393 e. The topological polar surface area (TPSA) is 149 Å². The molecule has 4 rings (SSSR count). The molecule has 3 amide bonds. The fourth-order valence-electron chi connectivity index (χ4n) is 4.34. The molecule has 42 heavy (non-hydrogen) atoms. The van der Waals surface area contributed by atoms with Crippen LogP contribution in [0.4, 0.5) is 26.7 Å². The molecule has 2 N–H and O–H groups in total. The molecule has 0 aliphatic carbocycles. The molecule has 0 spiro atoms. The summed E-state index contributed by atoms with van der Waals surface area (Å²) in [5, 5.41) is 15.9. The second-order valence-corrected chi connectivity index (χ2v) is 10.4. The number of ether oxygens (including phenoxy) is 2. The lowest BCUT2D eigenvalue weighted by atomic mass is 9.85. The van der Waals surface area contributed by atoms with E-state index >= 15 is 0 Å². The van der Waals surface area contributed by atoms with Crippen LogP contribution in [0.5, 0.6) is 5.88 Å². The molecule has 0 radical (unpaired) electrons. The van der Waals surface area contributed by atoms with Gasteiger partial charge in [0.05, 0.1) is 62.4 Å². The maximum atomic E-state index is 14.1. The molecule has 18 heteroatoms. The van der Waals surface area contributed by atoms with E-state index in [1.807, 2.05) is 0 Å². The van der Waals surface area contributed by atoms with Gasteiger partial charge in [0.2, 0.25) is 5.69 Å². The minimum Gasteiger partial charge on any atom is -0.477 e. The SMILES string of the molecule is COCC(c1cnn2cc(C(CCC(C)(C)C(F)(F)F)NC(=O)c3nonc3OC)nc2c1)N1CC(F)(F)CNC1=O. The van der Waals surface area contributed by atoms with Crippen LogP contribution in [-0.2, 0) is 4.74 Å². The van der Waals surface area contributed by atoms with Gasteiger partial charge in [0.1, 0.15) is 0 Å². The fraction of sp³-hybridized carbons (Fsp3) is 0.583. The lowest BCUT2D eigenvalue weighted by Crippen LogP contribution is -2.58. The predicted molar refractivity (Wildman–Crippen MR) is 133 cm³/mol. The van der Waals surface area contributed by atoms with Gasteiger partial charge < -0.3 is 25.0 Å². The smallest absolute Gasteiger partial charge is 0.393 e. The molecular formula is C24H29F5N8O5. The highest BCUT2D eigenvalue weighted by Gasteiger charge is 2.47. The van der Waals surface area contributed by atoms with Gasteiger partial charge in [0.25, 0.3) is 17.7 Å². The zero-order chi connectivity index (χ0) is 30.9. The van der Waals surface area contributed by atoms with Crippen molar-refractivity contribution in [3.05, 3.63) is 35.4 Å². The zero-order valence-electron chi connectivity index (χ0n) is 23.0. The van der Waals surface area contributed by atoms with Gasteiger partial charge in [-0.1, -0.05) is 13.8 Å². The third-order valence-corrected chi connectivity index (χ3v) is 6.96. The molecule has 0 saturated carbocycles. The summed E-state index contributed by atoms with van der Waals surface area (Å²) >= 11 is 0. The second kappa shape index (κ2) is 11.7. The van der Waals surface area contributed by atoms with E-state index in [-0.39, 0.29) is 42.4 Å². The van der Waals surface area contributed by atoms with E-state index in [1.54, 1.807) is 0 Å². The predicted octanol–water partition coefficient (Wildman–Crippen LogP) is 3.31. The number of carbonyl (C=O) groups excluding carboxylic acids is 2. The van der Waals surface area contributed by atoms with Crippen LogP contribution in [0.3, 0.4) is 0 Å². The summed E-state index contributed by atoms with van der Waals surface area (Å²) in [6.45, 7) is 0.320. The molecule has 4 heterocycles. The van der Waals surface area contributed by atoms with Crippen molar-refractivity contribution >= 4 is 17.6 Å². The number of fused-ring (bicyclic) bond motifs is 1. The van der Waals surface area contributed by atoms with E-state index < -0.39 is 54.6 Å². The van der Waals surface area contributed by atoms with Crippen LogP contribution in [-0.4, -0.2) is 87.8 Å². The van der Waals surface area contributed by atoms with Crippen LogP contribution in [0, 0.1) is 5.41 Å². The van der Waals surface area contributed by atoms with Crippen LogP contribution in [0.15, 0.2) is 23.1 Å². The van der Waals surface area contributed by atoms with Gasteiger partial charge in [-0.2, -0.15) is 18.3 Å². The lowest BCUT2D eigenvalue weighted by Gasteiger charge is -2.38. The van der Waals surface area contributed by atoms with Crippen molar-refractivity contribution < 1.29 is 45.6 Å². The summed E-state index contributed by atoms with van der Waals surface area (Å²) in [7, 11) is 2.58. The molecule has 1 aliphatic rings. The lowest BCUT2D eigenvalue weighted by molar-refractivity contribution is -0.214. The van der Waals surface area contributed by atoms with Gasteiger partial charge in [-0.15, -0.1) is 0 Å². The molecule has 0 bridgehead atoms. The number of halogens is 5. The molecular weight excluding hydrogens is 575 g/mol. The summed E-state index contributed by atoms with van der Waals surface area (Å²) in [5.41, 5.74) is -1.74. The molecule has 3 aromatic heterocycles. The van der Waals surface area contributed by atoms with Gasteiger partial charge in [-0.05, 0) is 29.2 Å². The van der Waals surface area contributed by atoms with Crippen LogP contribution < -0.4 is 15.4 Å². The van der Waals surface area contributed by atoms with Crippen molar-refractivity contribution in [2.75, 3.05) is 33.9 Å². The van der Waals surface area contributed by atoms with Gasteiger partial charge in [0.15, 0.2) is 5.65 Å². The van der Waals surface area contributed by atoms with Gasteiger partial charge in [-0.3, -0.25) is 4.79 Å². The average Bonchev–Trinajstić information content (AvgIpc) is 3.57. The van der Waals surface area contributed by atoms with Crippen molar-refractivity contribution in [3.63, 3.8) is 0 Å². The van der Waals surface area contributed by atoms with Crippen LogP contribution in [0.25, 0.3) is 5.65 Å². The Kier molecular flexibility index (Phi) is 8.56. The highest BCUT2D eigenvalue weighted by molar-refractivity contribution is 5.94. The summed E-state index contributed by atoms with van der Waals surface area (Å²) in [5.74, 6) is -4.22. The van der Waals surface area contributed by atoms with E-state index in [2.05, 4.69) is 35.7 Å². The van der Waals surface area contributed by atoms with Crippen molar-refractivity contribution in [1.29, 1.82) is 0 Å². The quantitative estimate of drug-likeness (QED) is 0.315. The third-order valence-electron chi connectivity index (χ3n) is 6.96. The summed E-state index contributed by atoms with van der Waals surface area (Å²) in [6, 6.07) is -1.22. The standard InChI is InChI=1S/C24H29F5N8O5/c1-22(2,24(27,28)29)6-5-14(33-19(38)18-20(41-4)35-42-34-18)15-9-37-17(32-15)7-13(8-31-37)16(10-40-3)36-12-23(25,26)11-30-21(36)39/h7-9,14,16H,5-6,10-12H2,1-4H3,(H,30,39)(H,33,38). The number of nitrogens with zero attached hydrogens (tertiary/aromatic N) is 6. The van der Waals surface area contributed by atoms with E-state index in [1.165, 1.54) is 37.2 Å². The first kappa shape index (κ1) is 30.9. The van der Waals surface area contributed by atoms with Crippen LogP contribution in [0.2, 0.25) is 0 Å². The number of methoxy groups -OCH3 is 2. The molecule has 0 aromatic carbocycles. The van der Waals surface area contributed by atoms with E-state index in [4.69, 9.17) is 9.47 Å². The van der Waals surface area contributed by atoms with Gasteiger partial charge in [0, 0.05) is 12.7 Å². The number of nitrogens with one attached hydrogen (secondary N) is 2. The second-order valence-electron chi connectivity index (χ2n) is 10.4. The minimum atomic E-state index is -4.51. The number of amides is 3. The Morgan fingerprint density at radius 3 is 2.67 bits per heavy atom. The molecule has 230 valence electrons. The number of hydrogen-bond acceptors (Lipinski definition) is 9. The molecule has 3 aromatic rings. The average molecular weight is 605 g/mol. The molecule has 2 atom stereocenters. The monoisotopic (exact) mass is 604 g/mol. The highest BCUT2D eigenvalue weighted by atomic mass is 19.4. The summed E-state index contributed by atoms with van der Waals surface area (Å²) in [4.78, 5) is 30.8. The van der Waals surface area contributed by atoms with Crippen LogP contribution >= 0.6 is 0 Å². The number of aromatic nitrogens is 5. The van der Waals surface area contributed by atoms with E-state index in [9.17, 15) is 31.5 Å².